The third kappa shape index (κ3) is 4.05. The van der Waals surface area contributed by atoms with Crippen LogP contribution in [0.3, 0.4) is 0 Å². The Hall–Kier alpha value is -1.55. The highest BCUT2D eigenvalue weighted by Crippen LogP contribution is 2.36. The van der Waals surface area contributed by atoms with Crippen molar-refractivity contribution >= 4 is 28.4 Å². The molecule has 2 aromatic rings. The standard InChI is InChI=1S/C10H19NO.C8H7ClN2/c1-3-5-10(6-4-2)7-8-11-9(10)12;1-5-2-7(9)3-6-4-10-11-8(5)6/h3-8H2,1-2H3,(H,11,12);2-4H,1H3,(H,10,11). The number of carbonyl (C=O) groups excluding carboxylic acids is 1. The van der Waals surface area contributed by atoms with E-state index in [1.165, 1.54) is 0 Å². The molecule has 0 bridgehead atoms. The van der Waals surface area contributed by atoms with Gasteiger partial charge in [0.15, 0.2) is 0 Å². The summed E-state index contributed by atoms with van der Waals surface area (Å²) in [5.74, 6) is 0.297. The van der Waals surface area contributed by atoms with E-state index in [-0.39, 0.29) is 5.41 Å². The van der Waals surface area contributed by atoms with Gasteiger partial charge in [0.05, 0.1) is 17.1 Å². The van der Waals surface area contributed by atoms with Crippen LogP contribution in [0, 0.1) is 12.3 Å². The average molecular weight is 336 g/mol. The summed E-state index contributed by atoms with van der Waals surface area (Å²) < 4.78 is 0. The number of aromatic nitrogens is 2. The van der Waals surface area contributed by atoms with Crippen LogP contribution in [0.25, 0.3) is 10.9 Å². The number of benzene rings is 1. The van der Waals surface area contributed by atoms with E-state index in [1.54, 1.807) is 6.20 Å². The van der Waals surface area contributed by atoms with Crippen LogP contribution >= 0.6 is 11.6 Å². The highest BCUT2D eigenvalue weighted by atomic mass is 35.5. The van der Waals surface area contributed by atoms with Crippen LogP contribution in [0.1, 0.15) is 51.5 Å². The Labute approximate surface area is 143 Å². The van der Waals surface area contributed by atoms with Crippen LogP contribution in [-0.2, 0) is 4.79 Å². The van der Waals surface area contributed by atoms with Crippen molar-refractivity contribution in [3.05, 3.63) is 28.9 Å². The van der Waals surface area contributed by atoms with Crippen LogP contribution in [-0.4, -0.2) is 22.6 Å². The maximum atomic E-state index is 11.6. The third-order valence-electron chi connectivity index (χ3n) is 4.54. The van der Waals surface area contributed by atoms with E-state index in [0.717, 1.165) is 60.1 Å². The summed E-state index contributed by atoms with van der Waals surface area (Å²) in [5.41, 5.74) is 2.20. The molecule has 23 heavy (non-hydrogen) atoms. The lowest BCUT2D eigenvalue weighted by molar-refractivity contribution is -0.128. The molecule has 4 nitrogen and oxygen atoms in total. The second-order valence-electron chi connectivity index (χ2n) is 6.34. The summed E-state index contributed by atoms with van der Waals surface area (Å²) in [6.07, 6.45) is 7.18. The monoisotopic (exact) mass is 335 g/mol. The number of rotatable bonds is 4. The predicted molar refractivity (Wildman–Crippen MR) is 95.7 cm³/mol. The van der Waals surface area contributed by atoms with Gasteiger partial charge < -0.3 is 5.32 Å². The van der Waals surface area contributed by atoms with Crippen LogP contribution in [0.15, 0.2) is 18.3 Å². The zero-order valence-corrected chi connectivity index (χ0v) is 15.0. The molecule has 126 valence electrons. The summed E-state index contributed by atoms with van der Waals surface area (Å²) in [4.78, 5) is 11.6. The highest BCUT2D eigenvalue weighted by molar-refractivity contribution is 6.31. The van der Waals surface area contributed by atoms with Gasteiger partial charge in [0.1, 0.15) is 0 Å². The van der Waals surface area contributed by atoms with E-state index in [4.69, 9.17) is 11.6 Å². The van der Waals surface area contributed by atoms with Crippen molar-refractivity contribution in [1.82, 2.24) is 15.5 Å². The van der Waals surface area contributed by atoms with Crippen molar-refractivity contribution in [2.24, 2.45) is 5.41 Å². The normalized spacial score (nSPS) is 16.1. The Kier molecular flexibility index (Phi) is 6.05. The maximum Gasteiger partial charge on any atom is 0.226 e. The molecule has 1 aromatic carbocycles. The van der Waals surface area contributed by atoms with E-state index in [0.29, 0.717) is 5.91 Å². The first-order valence-corrected chi connectivity index (χ1v) is 8.77. The number of nitrogens with one attached hydrogen (secondary N) is 2. The molecular weight excluding hydrogens is 310 g/mol. The molecule has 1 fully saturated rings. The first kappa shape index (κ1) is 17.8. The fraction of sp³-hybridized carbons (Fsp3) is 0.556. The SMILES string of the molecule is CCCC1(CCC)CCNC1=O.Cc1cc(Cl)cc2cn[nH]c12. The molecule has 2 heterocycles. The summed E-state index contributed by atoms with van der Waals surface area (Å²) in [5, 5.41) is 11.6. The number of carbonyl (C=O) groups is 1. The molecule has 1 amide bonds. The molecule has 0 saturated carbocycles. The smallest absolute Gasteiger partial charge is 0.226 e. The van der Waals surface area contributed by atoms with Crippen molar-refractivity contribution in [3.8, 4) is 0 Å². The van der Waals surface area contributed by atoms with E-state index < -0.39 is 0 Å². The molecule has 0 radical (unpaired) electrons. The van der Waals surface area contributed by atoms with E-state index in [9.17, 15) is 4.79 Å². The van der Waals surface area contributed by atoms with E-state index in [1.807, 2.05) is 19.1 Å². The van der Waals surface area contributed by atoms with Gasteiger partial charge in [-0.15, -0.1) is 0 Å². The molecule has 0 aliphatic carbocycles. The summed E-state index contributed by atoms with van der Waals surface area (Å²) in [7, 11) is 0. The van der Waals surface area contributed by atoms with Crippen LogP contribution < -0.4 is 5.32 Å². The number of hydrogen-bond donors (Lipinski definition) is 2. The fourth-order valence-corrected chi connectivity index (χ4v) is 3.75. The van der Waals surface area contributed by atoms with E-state index >= 15 is 0 Å². The van der Waals surface area contributed by atoms with Crippen molar-refractivity contribution in [3.63, 3.8) is 0 Å². The first-order chi connectivity index (χ1) is 11.0. The Morgan fingerprint density at radius 3 is 2.52 bits per heavy atom. The molecule has 2 N–H and O–H groups in total. The lowest BCUT2D eigenvalue weighted by Crippen LogP contribution is -2.30. The van der Waals surface area contributed by atoms with Crippen molar-refractivity contribution < 1.29 is 4.79 Å². The number of hydrogen-bond acceptors (Lipinski definition) is 2. The topological polar surface area (TPSA) is 57.8 Å². The molecular formula is C18H26ClN3O. The molecule has 1 aliphatic rings. The lowest BCUT2D eigenvalue weighted by atomic mass is 9.78. The number of nitrogens with zero attached hydrogens (tertiary/aromatic N) is 1. The van der Waals surface area contributed by atoms with Gasteiger partial charge in [0.25, 0.3) is 0 Å². The first-order valence-electron chi connectivity index (χ1n) is 8.40. The minimum atomic E-state index is 0.00347. The van der Waals surface area contributed by atoms with E-state index in [2.05, 4.69) is 29.4 Å². The van der Waals surface area contributed by atoms with Gasteiger partial charge in [-0.2, -0.15) is 5.10 Å². The summed E-state index contributed by atoms with van der Waals surface area (Å²) in [6, 6.07) is 3.81. The fourth-order valence-electron chi connectivity index (χ4n) is 3.47. The molecule has 1 aliphatic heterocycles. The number of fused-ring (bicyclic) bond motifs is 1. The Morgan fingerprint density at radius 1 is 1.26 bits per heavy atom. The van der Waals surface area contributed by atoms with Crippen molar-refractivity contribution in [1.29, 1.82) is 0 Å². The number of halogens is 1. The highest BCUT2D eigenvalue weighted by Gasteiger charge is 2.40. The molecule has 0 atom stereocenters. The molecule has 1 saturated heterocycles. The Morgan fingerprint density at radius 2 is 1.96 bits per heavy atom. The molecule has 0 spiro atoms. The lowest BCUT2D eigenvalue weighted by Gasteiger charge is -2.24. The molecule has 5 heteroatoms. The number of aryl methyl sites for hydroxylation is 1. The zero-order valence-electron chi connectivity index (χ0n) is 14.2. The average Bonchev–Trinajstić information content (AvgIpc) is 3.09. The van der Waals surface area contributed by atoms with Gasteiger partial charge in [-0.1, -0.05) is 38.3 Å². The van der Waals surface area contributed by atoms with Crippen LogP contribution in [0.2, 0.25) is 5.02 Å². The van der Waals surface area contributed by atoms with Crippen LogP contribution in [0.4, 0.5) is 0 Å². The Balaban J connectivity index is 0.000000167. The second kappa shape index (κ2) is 7.82. The number of amides is 1. The molecule has 0 unspecified atom stereocenters. The Bertz CT molecular complexity index is 659. The van der Waals surface area contributed by atoms with Gasteiger partial charge in [0.2, 0.25) is 5.91 Å². The number of aromatic amines is 1. The zero-order chi connectivity index (χ0) is 16.9. The quantitative estimate of drug-likeness (QED) is 0.856. The largest absolute Gasteiger partial charge is 0.356 e. The minimum absolute atomic E-state index is 0.00347. The summed E-state index contributed by atoms with van der Waals surface area (Å²) >= 11 is 5.84. The molecule has 1 aromatic heterocycles. The second-order valence-corrected chi connectivity index (χ2v) is 6.78. The number of H-pyrrole nitrogens is 1. The van der Waals surface area contributed by atoms with Crippen molar-refractivity contribution in [2.75, 3.05) is 6.54 Å². The van der Waals surface area contributed by atoms with Gasteiger partial charge in [-0.3, -0.25) is 9.89 Å². The van der Waals surface area contributed by atoms with Gasteiger partial charge in [-0.05, 0) is 43.9 Å². The van der Waals surface area contributed by atoms with Gasteiger partial charge >= 0.3 is 0 Å². The predicted octanol–water partition coefficient (Wildman–Crippen LogP) is 4.62. The minimum Gasteiger partial charge on any atom is -0.356 e. The maximum absolute atomic E-state index is 11.6. The van der Waals surface area contributed by atoms with Gasteiger partial charge in [0, 0.05) is 17.0 Å². The molecule has 3 rings (SSSR count). The van der Waals surface area contributed by atoms with Crippen LogP contribution in [0.5, 0.6) is 0 Å². The summed E-state index contributed by atoms with van der Waals surface area (Å²) in [6.45, 7) is 7.21. The third-order valence-corrected chi connectivity index (χ3v) is 4.76. The van der Waals surface area contributed by atoms with Crippen molar-refractivity contribution in [2.45, 2.75) is 52.9 Å². The van der Waals surface area contributed by atoms with Gasteiger partial charge in [-0.25, -0.2) is 0 Å².